The summed E-state index contributed by atoms with van der Waals surface area (Å²) in [7, 11) is 0. The highest BCUT2D eigenvalue weighted by Gasteiger charge is 2.54. The van der Waals surface area contributed by atoms with Crippen LogP contribution in [0.4, 0.5) is 0 Å². The van der Waals surface area contributed by atoms with E-state index in [1.54, 1.807) is 37.3 Å². The molecule has 0 unspecified atom stereocenters. The van der Waals surface area contributed by atoms with Gasteiger partial charge in [0.25, 0.3) is 0 Å². The van der Waals surface area contributed by atoms with Gasteiger partial charge in [0.05, 0.1) is 51.3 Å². The lowest BCUT2D eigenvalue weighted by atomic mass is 9.96. The molecule has 6 aromatic rings. The molecule has 2 fully saturated rings. The Hall–Kier alpha value is -5.57. The average Bonchev–Trinajstić information content (AvgIpc) is 3.35. The molecule has 0 aromatic heterocycles. The van der Waals surface area contributed by atoms with Gasteiger partial charge in [-0.2, -0.15) is 0 Å². The van der Waals surface area contributed by atoms with Gasteiger partial charge in [-0.3, -0.25) is 0 Å². The van der Waals surface area contributed by atoms with Crippen molar-refractivity contribution in [2.24, 2.45) is 0 Å². The zero-order chi connectivity index (χ0) is 44.6. The van der Waals surface area contributed by atoms with Crippen LogP contribution in [0.2, 0.25) is 0 Å². The minimum Gasteiger partial charge on any atom is -0.450 e. The maximum Gasteiger partial charge on any atom is 0.338 e. The van der Waals surface area contributed by atoms with E-state index in [0.717, 1.165) is 27.8 Å². The quantitative estimate of drug-likeness (QED) is 0.0743. The van der Waals surface area contributed by atoms with Crippen LogP contribution in [0.1, 0.15) is 45.1 Å². The summed E-state index contributed by atoms with van der Waals surface area (Å²) in [5.74, 6) is -0.671. The molecule has 0 saturated carbocycles. The number of aliphatic hydroxyl groups is 1. The summed E-state index contributed by atoms with van der Waals surface area (Å²) in [6, 6.07) is 57.7. The Morgan fingerprint density at radius 1 is 0.462 bits per heavy atom. The van der Waals surface area contributed by atoms with Crippen LogP contribution < -0.4 is 0 Å². The first-order valence-electron chi connectivity index (χ1n) is 22.1. The van der Waals surface area contributed by atoms with Crippen LogP contribution in [0.3, 0.4) is 0 Å². The van der Waals surface area contributed by atoms with E-state index in [1.165, 1.54) is 0 Å². The molecule has 11 nitrogen and oxygen atoms in total. The molecule has 65 heavy (non-hydrogen) atoms. The molecule has 0 radical (unpaired) electrons. The molecule has 10 atom stereocenters. The zero-order valence-corrected chi connectivity index (χ0v) is 36.4. The third-order valence-corrected chi connectivity index (χ3v) is 11.4. The molecule has 2 aliphatic rings. The number of benzene rings is 6. The smallest absolute Gasteiger partial charge is 0.338 e. The summed E-state index contributed by atoms with van der Waals surface area (Å²) < 4.78 is 60.1. The van der Waals surface area contributed by atoms with Gasteiger partial charge >= 0.3 is 5.97 Å². The van der Waals surface area contributed by atoms with Crippen LogP contribution in [-0.4, -0.2) is 79.1 Å². The number of rotatable bonds is 20. The summed E-state index contributed by atoms with van der Waals surface area (Å²) in [4.78, 5) is 13.8. The Morgan fingerprint density at radius 2 is 0.862 bits per heavy atom. The number of carbonyl (C=O) groups excluding carboxylic acids is 1. The largest absolute Gasteiger partial charge is 0.450 e. The molecule has 2 saturated heterocycles. The number of carbonyl (C=O) groups is 1. The Morgan fingerprint density at radius 3 is 1.34 bits per heavy atom. The maximum atomic E-state index is 13.8. The van der Waals surface area contributed by atoms with Crippen LogP contribution in [-0.2, 0) is 75.7 Å². The van der Waals surface area contributed by atoms with Crippen molar-refractivity contribution in [2.75, 3.05) is 6.61 Å². The van der Waals surface area contributed by atoms with Gasteiger partial charge in [0.1, 0.15) is 36.6 Å². The molecular weight excluding hydrogens is 825 g/mol. The first kappa shape index (κ1) is 46.0. The van der Waals surface area contributed by atoms with Crippen LogP contribution in [0.5, 0.6) is 0 Å². The topological polar surface area (TPSA) is 120 Å². The Labute approximate surface area is 380 Å². The lowest BCUT2D eigenvalue weighted by Gasteiger charge is -2.49. The van der Waals surface area contributed by atoms with Crippen molar-refractivity contribution < 1.29 is 52.5 Å². The molecule has 2 aliphatic heterocycles. The number of hydrogen-bond acceptors (Lipinski definition) is 11. The van der Waals surface area contributed by atoms with E-state index in [2.05, 4.69) is 0 Å². The van der Waals surface area contributed by atoms with E-state index in [9.17, 15) is 9.90 Å². The van der Waals surface area contributed by atoms with Crippen molar-refractivity contribution in [3.63, 3.8) is 0 Å². The molecule has 0 spiro atoms. The number of esters is 1. The van der Waals surface area contributed by atoms with Crippen molar-refractivity contribution in [2.45, 2.75) is 101 Å². The van der Waals surface area contributed by atoms with Gasteiger partial charge < -0.3 is 47.7 Å². The first-order valence-corrected chi connectivity index (χ1v) is 22.1. The highest BCUT2D eigenvalue weighted by atomic mass is 16.7. The van der Waals surface area contributed by atoms with Crippen LogP contribution >= 0.6 is 0 Å². The van der Waals surface area contributed by atoms with Crippen molar-refractivity contribution >= 4 is 5.97 Å². The van der Waals surface area contributed by atoms with Gasteiger partial charge in [0.2, 0.25) is 0 Å². The molecule has 0 bridgehead atoms. The van der Waals surface area contributed by atoms with Crippen molar-refractivity contribution in [3.8, 4) is 0 Å². The number of hydrogen-bond donors (Lipinski definition) is 1. The molecule has 338 valence electrons. The van der Waals surface area contributed by atoms with Crippen molar-refractivity contribution in [3.05, 3.63) is 215 Å². The van der Waals surface area contributed by atoms with Gasteiger partial charge in [0, 0.05) is 0 Å². The zero-order valence-electron chi connectivity index (χ0n) is 36.4. The summed E-state index contributed by atoms with van der Waals surface area (Å²) in [6.07, 6.45) is -10.1. The van der Waals surface area contributed by atoms with Gasteiger partial charge in [-0.25, -0.2) is 4.79 Å². The molecule has 6 aromatic carbocycles. The van der Waals surface area contributed by atoms with Crippen LogP contribution in [0.25, 0.3) is 0 Å². The van der Waals surface area contributed by atoms with Gasteiger partial charge in [0.15, 0.2) is 18.7 Å². The van der Waals surface area contributed by atoms with E-state index < -0.39 is 67.4 Å². The Kier molecular flexibility index (Phi) is 16.7. The second kappa shape index (κ2) is 23.6. The number of aliphatic hydroxyl groups excluding tert-OH is 1. The van der Waals surface area contributed by atoms with E-state index in [0.29, 0.717) is 12.2 Å². The van der Waals surface area contributed by atoms with Crippen molar-refractivity contribution in [1.29, 1.82) is 0 Å². The predicted molar refractivity (Wildman–Crippen MR) is 242 cm³/mol. The van der Waals surface area contributed by atoms with E-state index >= 15 is 0 Å². The van der Waals surface area contributed by atoms with Crippen LogP contribution in [0.15, 0.2) is 182 Å². The molecule has 11 heteroatoms. The minimum atomic E-state index is -1.58. The van der Waals surface area contributed by atoms with E-state index in [1.807, 2.05) is 152 Å². The molecule has 1 N–H and O–H groups in total. The SMILES string of the molecule is C[C@@H]1O[C@@H](O)[C@H](OC(=O)c2ccccc2)[C@H](O[C@H]2O[C@H](COCc3ccccc3)[C@@H](OCc3ccccc3)[C@H](OCc3ccccc3)[C@H]2OCc2ccccc2)[C@H]1OCc1ccccc1. The lowest BCUT2D eigenvalue weighted by molar-refractivity contribution is -0.368. The van der Waals surface area contributed by atoms with E-state index in [4.69, 9.17) is 42.6 Å². The first-order chi connectivity index (χ1) is 32.0. The highest BCUT2D eigenvalue weighted by molar-refractivity contribution is 5.89. The average molecular weight is 881 g/mol. The third-order valence-electron chi connectivity index (χ3n) is 11.4. The second-order valence-corrected chi connectivity index (χ2v) is 16.2. The summed E-state index contributed by atoms with van der Waals surface area (Å²) in [6.45, 7) is 3.03. The molecule has 8 rings (SSSR count). The summed E-state index contributed by atoms with van der Waals surface area (Å²) in [5, 5.41) is 11.6. The third kappa shape index (κ3) is 12.8. The predicted octanol–water partition coefficient (Wildman–Crippen LogP) is 8.62. The fourth-order valence-corrected chi connectivity index (χ4v) is 8.05. The molecular formula is C54H56O11. The Balaban J connectivity index is 1.18. The normalized spacial score (nSPS) is 25.4. The summed E-state index contributed by atoms with van der Waals surface area (Å²) >= 11 is 0. The van der Waals surface area contributed by atoms with Crippen molar-refractivity contribution in [1.82, 2.24) is 0 Å². The molecule has 0 amide bonds. The Bertz CT molecular complexity index is 2270. The lowest BCUT2D eigenvalue weighted by Crippen LogP contribution is -2.66. The monoisotopic (exact) mass is 880 g/mol. The van der Waals surface area contributed by atoms with Gasteiger partial charge in [-0.05, 0) is 46.9 Å². The van der Waals surface area contributed by atoms with Crippen LogP contribution in [0, 0.1) is 0 Å². The van der Waals surface area contributed by atoms with Gasteiger partial charge in [-0.1, -0.05) is 170 Å². The summed E-state index contributed by atoms with van der Waals surface area (Å²) in [5.41, 5.74) is 5.01. The maximum absolute atomic E-state index is 13.8. The second-order valence-electron chi connectivity index (χ2n) is 16.2. The fourth-order valence-electron chi connectivity index (χ4n) is 8.05. The highest BCUT2D eigenvalue weighted by Crippen LogP contribution is 2.36. The fraction of sp³-hybridized carbons (Fsp3) is 0.315. The minimum absolute atomic E-state index is 0.0952. The molecule has 2 heterocycles. The standard InChI is InChI=1S/C54H56O11/c1-38-46(58-33-40-22-10-3-11-23-40)49(50(53(56)62-38)64-52(55)44-30-18-7-19-31-44)65-54-51(61-36-43-28-16-6-17-29-43)48(60-35-42-26-14-5-15-27-42)47(59-34-41-24-12-4-13-25-41)45(63-54)37-57-32-39-20-8-2-9-21-39/h2-31,38,45-51,53-54,56H,32-37H2,1H3/t38-,45+,46-,47+,48-,49+,50+,51+,53+,54+/m0/s1. The van der Waals surface area contributed by atoms with E-state index in [-0.39, 0.29) is 33.0 Å². The number of ether oxygens (including phenoxy) is 9. The van der Waals surface area contributed by atoms with Gasteiger partial charge in [-0.15, -0.1) is 0 Å². The molecule has 0 aliphatic carbocycles.